The van der Waals surface area contributed by atoms with Crippen molar-refractivity contribution in [1.82, 2.24) is 10.3 Å². The molecule has 2 rings (SSSR count). The molecule has 0 bridgehead atoms. The summed E-state index contributed by atoms with van der Waals surface area (Å²) >= 11 is 0. The van der Waals surface area contributed by atoms with Crippen LogP contribution in [0.25, 0.3) is 10.9 Å². The fraction of sp³-hybridized carbons (Fsp3) is 0.312. The molecule has 2 aromatic rings. The summed E-state index contributed by atoms with van der Waals surface area (Å²) in [5.74, 6) is -0.443. The van der Waals surface area contributed by atoms with E-state index in [-0.39, 0.29) is 17.7 Å². The van der Waals surface area contributed by atoms with Crippen LogP contribution < -0.4 is 10.6 Å². The Morgan fingerprint density at radius 2 is 1.90 bits per heavy atom. The van der Waals surface area contributed by atoms with Crippen LogP contribution in [-0.2, 0) is 9.59 Å². The second kappa shape index (κ2) is 6.35. The predicted octanol–water partition coefficient (Wildman–Crippen LogP) is 2.33. The van der Waals surface area contributed by atoms with E-state index in [4.69, 9.17) is 0 Å². The lowest BCUT2D eigenvalue weighted by Gasteiger charge is -2.21. The van der Waals surface area contributed by atoms with Crippen LogP contribution in [0, 0.1) is 5.92 Å². The molecule has 0 saturated heterocycles. The Morgan fingerprint density at radius 1 is 1.14 bits per heavy atom. The summed E-state index contributed by atoms with van der Waals surface area (Å²) in [6.45, 7) is 5.19. The van der Waals surface area contributed by atoms with Gasteiger partial charge in [0.1, 0.15) is 6.04 Å². The van der Waals surface area contributed by atoms with Crippen molar-refractivity contribution in [2.24, 2.45) is 5.92 Å². The zero-order chi connectivity index (χ0) is 15.4. The number of carbonyl (C=O) groups is 2. The number of nitrogens with zero attached hydrogens (tertiary/aromatic N) is 1. The summed E-state index contributed by atoms with van der Waals surface area (Å²) in [6, 6.07) is 8.72. The summed E-state index contributed by atoms with van der Waals surface area (Å²) in [7, 11) is 0. The molecule has 0 spiro atoms. The third kappa shape index (κ3) is 3.56. The number of fused-ring (bicyclic) bond motifs is 1. The molecule has 1 atom stereocenters. The lowest BCUT2D eigenvalue weighted by atomic mass is 10.0. The minimum atomic E-state index is -0.561. The fourth-order valence-corrected chi connectivity index (χ4v) is 2.18. The van der Waals surface area contributed by atoms with E-state index in [1.165, 1.54) is 6.92 Å². The zero-order valence-electron chi connectivity index (χ0n) is 12.4. The van der Waals surface area contributed by atoms with Gasteiger partial charge < -0.3 is 10.6 Å². The third-order valence-corrected chi connectivity index (χ3v) is 3.21. The monoisotopic (exact) mass is 285 g/mol. The average molecular weight is 285 g/mol. The van der Waals surface area contributed by atoms with Gasteiger partial charge in [0.25, 0.3) is 0 Å². The topological polar surface area (TPSA) is 71.1 Å². The molecule has 110 valence electrons. The highest BCUT2D eigenvalue weighted by Gasteiger charge is 2.23. The Hall–Kier alpha value is -2.43. The van der Waals surface area contributed by atoms with E-state index in [1.54, 1.807) is 6.20 Å². The summed E-state index contributed by atoms with van der Waals surface area (Å²) in [5.41, 5.74) is 1.51. The summed E-state index contributed by atoms with van der Waals surface area (Å²) < 4.78 is 0. The second-order valence-corrected chi connectivity index (χ2v) is 5.29. The Balaban J connectivity index is 2.26. The highest BCUT2D eigenvalue weighted by atomic mass is 16.2. The van der Waals surface area contributed by atoms with E-state index in [0.29, 0.717) is 5.69 Å². The molecule has 5 nitrogen and oxygen atoms in total. The van der Waals surface area contributed by atoms with Crippen molar-refractivity contribution >= 4 is 28.4 Å². The number of carbonyl (C=O) groups excluding carboxylic acids is 2. The number of benzene rings is 1. The van der Waals surface area contributed by atoms with Crippen molar-refractivity contribution in [1.29, 1.82) is 0 Å². The van der Waals surface area contributed by atoms with Gasteiger partial charge in [0.15, 0.2) is 0 Å². The molecule has 1 aromatic heterocycles. The Labute approximate surface area is 123 Å². The van der Waals surface area contributed by atoms with Gasteiger partial charge in [-0.1, -0.05) is 19.9 Å². The smallest absolute Gasteiger partial charge is 0.247 e. The first-order chi connectivity index (χ1) is 9.99. The van der Waals surface area contributed by atoms with Gasteiger partial charge in [0, 0.05) is 18.5 Å². The van der Waals surface area contributed by atoms with E-state index in [1.807, 2.05) is 44.2 Å². The van der Waals surface area contributed by atoms with Gasteiger partial charge in [-0.3, -0.25) is 14.6 Å². The number of aromatic nitrogens is 1. The van der Waals surface area contributed by atoms with Gasteiger partial charge in [-0.05, 0) is 30.2 Å². The van der Waals surface area contributed by atoms with Crippen LogP contribution in [0.15, 0.2) is 36.5 Å². The van der Waals surface area contributed by atoms with Gasteiger partial charge in [0.2, 0.25) is 11.8 Å². The van der Waals surface area contributed by atoms with Crippen molar-refractivity contribution in [2.45, 2.75) is 26.8 Å². The molecule has 0 aliphatic rings. The number of anilines is 1. The largest absolute Gasteiger partial charge is 0.344 e. The number of amides is 2. The van der Waals surface area contributed by atoms with Crippen molar-refractivity contribution < 1.29 is 9.59 Å². The summed E-state index contributed by atoms with van der Waals surface area (Å²) in [4.78, 5) is 27.9. The van der Waals surface area contributed by atoms with Crippen molar-refractivity contribution in [3.05, 3.63) is 36.5 Å². The van der Waals surface area contributed by atoms with E-state index in [9.17, 15) is 9.59 Å². The van der Waals surface area contributed by atoms with Crippen molar-refractivity contribution in [3.63, 3.8) is 0 Å². The quantitative estimate of drug-likeness (QED) is 0.905. The average Bonchev–Trinajstić information content (AvgIpc) is 2.44. The summed E-state index contributed by atoms with van der Waals surface area (Å²) in [5, 5.41) is 6.43. The maximum absolute atomic E-state index is 12.4. The van der Waals surface area contributed by atoms with Crippen LogP contribution in [0.5, 0.6) is 0 Å². The maximum Gasteiger partial charge on any atom is 0.247 e. The summed E-state index contributed by atoms with van der Waals surface area (Å²) in [6.07, 6.45) is 1.71. The van der Waals surface area contributed by atoms with Crippen molar-refractivity contribution in [3.8, 4) is 0 Å². The van der Waals surface area contributed by atoms with Crippen LogP contribution in [-0.4, -0.2) is 22.8 Å². The number of rotatable bonds is 4. The first kappa shape index (κ1) is 15.0. The normalized spacial score (nSPS) is 12.2. The molecule has 2 N–H and O–H groups in total. The van der Waals surface area contributed by atoms with E-state index >= 15 is 0 Å². The van der Waals surface area contributed by atoms with E-state index < -0.39 is 6.04 Å². The lowest BCUT2D eigenvalue weighted by molar-refractivity contribution is -0.126. The molecule has 0 aliphatic carbocycles. The number of hydrogen-bond donors (Lipinski definition) is 2. The fourth-order valence-electron chi connectivity index (χ4n) is 2.18. The molecule has 0 radical (unpaired) electrons. The van der Waals surface area contributed by atoms with Crippen LogP contribution >= 0.6 is 0 Å². The molecule has 1 heterocycles. The van der Waals surface area contributed by atoms with Crippen molar-refractivity contribution in [2.75, 3.05) is 5.32 Å². The molecule has 0 fully saturated rings. The number of hydrogen-bond acceptors (Lipinski definition) is 3. The molecular weight excluding hydrogens is 266 g/mol. The standard InChI is InChI=1S/C16H19N3O2/c1-10(2)15(18-11(3)20)16(21)19-14-8-4-7-13-12(14)6-5-9-17-13/h4-10,15H,1-3H3,(H,18,20)(H,19,21). The number of pyridine rings is 1. The maximum atomic E-state index is 12.4. The van der Waals surface area contributed by atoms with Crippen LogP contribution in [0.2, 0.25) is 0 Å². The molecule has 2 amide bonds. The van der Waals surface area contributed by atoms with E-state index in [2.05, 4.69) is 15.6 Å². The second-order valence-electron chi connectivity index (χ2n) is 5.29. The van der Waals surface area contributed by atoms with Gasteiger partial charge in [-0.25, -0.2) is 0 Å². The van der Waals surface area contributed by atoms with Crippen LogP contribution in [0.4, 0.5) is 5.69 Å². The van der Waals surface area contributed by atoms with Gasteiger partial charge in [-0.2, -0.15) is 0 Å². The first-order valence-corrected chi connectivity index (χ1v) is 6.90. The van der Waals surface area contributed by atoms with Gasteiger partial charge in [-0.15, -0.1) is 0 Å². The number of nitrogens with one attached hydrogen (secondary N) is 2. The predicted molar refractivity (Wildman–Crippen MR) is 82.8 cm³/mol. The third-order valence-electron chi connectivity index (χ3n) is 3.21. The Kier molecular flexibility index (Phi) is 4.52. The van der Waals surface area contributed by atoms with Gasteiger partial charge >= 0.3 is 0 Å². The highest BCUT2D eigenvalue weighted by Crippen LogP contribution is 2.21. The van der Waals surface area contributed by atoms with Gasteiger partial charge in [0.05, 0.1) is 11.2 Å². The molecule has 0 aliphatic heterocycles. The van der Waals surface area contributed by atoms with Crippen LogP contribution in [0.3, 0.4) is 0 Å². The van der Waals surface area contributed by atoms with E-state index in [0.717, 1.165) is 10.9 Å². The molecule has 1 unspecified atom stereocenters. The lowest BCUT2D eigenvalue weighted by Crippen LogP contribution is -2.46. The first-order valence-electron chi connectivity index (χ1n) is 6.90. The Morgan fingerprint density at radius 3 is 2.57 bits per heavy atom. The molecule has 5 heteroatoms. The van der Waals surface area contributed by atoms with Crippen LogP contribution in [0.1, 0.15) is 20.8 Å². The SMILES string of the molecule is CC(=O)NC(C(=O)Nc1cccc2ncccc12)C(C)C. The molecular formula is C16H19N3O2. The molecule has 21 heavy (non-hydrogen) atoms. The zero-order valence-corrected chi connectivity index (χ0v) is 12.4. The Bertz CT molecular complexity index is 662. The molecule has 1 aromatic carbocycles. The highest BCUT2D eigenvalue weighted by molar-refractivity contribution is 6.03. The molecule has 0 saturated carbocycles. The minimum Gasteiger partial charge on any atom is -0.344 e. The minimum absolute atomic E-state index is 0.00185.